The van der Waals surface area contributed by atoms with E-state index in [-0.39, 0.29) is 40.3 Å². The average Bonchev–Trinajstić information content (AvgIpc) is 2.92. The average molecular weight is 637 g/mol. The number of carbonyl (C=O) groups is 2. The molecule has 1 aliphatic carbocycles. The third-order valence-corrected chi connectivity index (χ3v) is 9.62. The van der Waals surface area contributed by atoms with E-state index in [0.29, 0.717) is 29.8 Å². The lowest BCUT2D eigenvalue weighted by molar-refractivity contribution is -0.123. The second-order valence-corrected chi connectivity index (χ2v) is 15.7. The zero-order valence-electron chi connectivity index (χ0n) is 28.8. The van der Waals surface area contributed by atoms with Gasteiger partial charge in [0.25, 0.3) is 5.91 Å². The Morgan fingerprint density at radius 1 is 1.04 bits per heavy atom. The van der Waals surface area contributed by atoms with Crippen LogP contribution in [0.5, 0.6) is 11.5 Å². The van der Waals surface area contributed by atoms with Crippen molar-refractivity contribution in [3.63, 3.8) is 0 Å². The number of rotatable bonds is 11. The molecule has 0 radical (unpaired) electrons. The monoisotopic (exact) mass is 636 g/mol. The molecule has 9 nitrogen and oxygen atoms in total. The Labute approximate surface area is 274 Å². The van der Waals surface area contributed by atoms with Gasteiger partial charge in [-0.05, 0) is 95.9 Å². The molecular formula is C36H53FN6O3. The van der Waals surface area contributed by atoms with Crippen LogP contribution in [-0.2, 0) is 4.79 Å². The van der Waals surface area contributed by atoms with Crippen molar-refractivity contribution in [3.8, 4) is 11.5 Å². The van der Waals surface area contributed by atoms with E-state index in [1.807, 2.05) is 27.7 Å². The SMILES string of the molecule is CC(C)N(C(=O)c1cc(F)ccc1Oc1cncnc1N1CC2(CN(CCC3CCC(NC(=O)CC(C)(C)C)CC3)C2)C1)C(C)C. The van der Waals surface area contributed by atoms with Gasteiger partial charge in [-0.25, -0.2) is 14.4 Å². The first kappa shape index (κ1) is 34.1. The molecule has 3 heterocycles. The van der Waals surface area contributed by atoms with Crippen molar-refractivity contribution >= 4 is 17.6 Å². The van der Waals surface area contributed by atoms with E-state index < -0.39 is 5.82 Å². The van der Waals surface area contributed by atoms with Gasteiger partial charge in [0.2, 0.25) is 5.91 Å². The lowest BCUT2D eigenvalue weighted by Crippen LogP contribution is -2.72. The number of nitrogens with one attached hydrogen (secondary N) is 1. The fourth-order valence-corrected chi connectivity index (χ4v) is 7.60. The number of hydrogen-bond donors (Lipinski definition) is 1. The molecule has 1 aromatic carbocycles. The maximum atomic E-state index is 14.3. The maximum absolute atomic E-state index is 14.3. The summed E-state index contributed by atoms with van der Waals surface area (Å²) in [4.78, 5) is 41.1. The Morgan fingerprint density at radius 3 is 2.35 bits per heavy atom. The van der Waals surface area contributed by atoms with Gasteiger partial charge in [-0.1, -0.05) is 20.8 Å². The van der Waals surface area contributed by atoms with Crippen molar-refractivity contribution in [2.24, 2.45) is 16.7 Å². The molecule has 0 unspecified atom stereocenters. The van der Waals surface area contributed by atoms with Crippen LogP contribution in [0.2, 0.25) is 0 Å². The van der Waals surface area contributed by atoms with Crippen LogP contribution < -0.4 is 15.0 Å². The molecule has 1 saturated carbocycles. The molecule has 46 heavy (non-hydrogen) atoms. The summed E-state index contributed by atoms with van der Waals surface area (Å²) >= 11 is 0. The minimum Gasteiger partial charge on any atom is -0.451 e. The summed E-state index contributed by atoms with van der Waals surface area (Å²) < 4.78 is 20.6. The summed E-state index contributed by atoms with van der Waals surface area (Å²) in [5.41, 5.74) is 0.478. The van der Waals surface area contributed by atoms with Gasteiger partial charge in [-0.2, -0.15) is 0 Å². The minimum absolute atomic E-state index is 0.0248. The number of anilines is 1. The van der Waals surface area contributed by atoms with E-state index in [2.05, 4.69) is 45.9 Å². The van der Waals surface area contributed by atoms with Crippen LogP contribution >= 0.6 is 0 Å². The van der Waals surface area contributed by atoms with Crippen LogP contribution in [0.25, 0.3) is 0 Å². The van der Waals surface area contributed by atoms with Crippen molar-refractivity contribution in [2.75, 3.05) is 37.6 Å². The lowest BCUT2D eigenvalue weighted by Gasteiger charge is -2.61. The molecule has 5 rings (SSSR count). The van der Waals surface area contributed by atoms with E-state index in [1.54, 1.807) is 11.1 Å². The Bertz CT molecular complexity index is 1360. The molecule has 10 heteroatoms. The van der Waals surface area contributed by atoms with Crippen molar-refractivity contribution in [3.05, 3.63) is 42.1 Å². The Morgan fingerprint density at radius 2 is 1.72 bits per heavy atom. The van der Waals surface area contributed by atoms with E-state index in [4.69, 9.17) is 4.74 Å². The van der Waals surface area contributed by atoms with Crippen LogP contribution in [-0.4, -0.2) is 82.4 Å². The van der Waals surface area contributed by atoms with Gasteiger partial charge in [0.15, 0.2) is 11.6 Å². The van der Waals surface area contributed by atoms with Crippen molar-refractivity contribution in [1.29, 1.82) is 0 Å². The third-order valence-electron chi connectivity index (χ3n) is 9.62. The van der Waals surface area contributed by atoms with Crippen LogP contribution in [0.15, 0.2) is 30.7 Å². The third kappa shape index (κ3) is 8.17. The van der Waals surface area contributed by atoms with Gasteiger partial charge in [0.1, 0.15) is 17.9 Å². The zero-order valence-corrected chi connectivity index (χ0v) is 28.8. The zero-order chi connectivity index (χ0) is 33.2. The summed E-state index contributed by atoms with van der Waals surface area (Å²) in [6.07, 6.45) is 9.49. The second-order valence-electron chi connectivity index (χ2n) is 15.7. The first-order valence-electron chi connectivity index (χ1n) is 17.1. The fourth-order valence-electron chi connectivity index (χ4n) is 7.60. The predicted octanol–water partition coefficient (Wildman–Crippen LogP) is 6.29. The molecule has 2 aromatic rings. The fraction of sp³-hybridized carbons (Fsp3) is 0.667. The number of amides is 2. The summed E-state index contributed by atoms with van der Waals surface area (Å²) in [5.74, 6) is 1.61. The highest BCUT2D eigenvalue weighted by atomic mass is 19.1. The molecule has 252 valence electrons. The molecule has 3 aliphatic rings. The molecule has 0 bridgehead atoms. The number of hydrogen-bond acceptors (Lipinski definition) is 7. The number of likely N-dealkylation sites (tertiary alicyclic amines) is 1. The molecule has 2 saturated heterocycles. The maximum Gasteiger partial charge on any atom is 0.258 e. The molecular weight excluding hydrogens is 583 g/mol. The smallest absolute Gasteiger partial charge is 0.258 e. The highest BCUT2D eigenvalue weighted by Gasteiger charge is 2.52. The molecule has 0 atom stereocenters. The van der Waals surface area contributed by atoms with E-state index in [1.165, 1.54) is 43.8 Å². The highest BCUT2D eigenvalue weighted by Crippen LogP contribution is 2.44. The standard InChI is InChI=1S/C36H53FN6O3/c1-24(2)43(25(3)4)34(45)29-16-27(37)10-13-30(29)46-31-18-38-23-39-33(31)42-21-36(22-42)19-41(20-36)15-14-26-8-11-28(12-9-26)40-32(44)17-35(5,6)7/h10,13,16,18,23-26,28H,8-9,11-12,14-15,17,19-22H2,1-7H3,(H,40,44). The molecule has 2 amide bonds. The number of nitrogens with zero attached hydrogens (tertiary/aromatic N) is 5. The normalized spacial score (nSPS) is 21.2. The number of halogens is 1. The van der Waals surface area contributed by atoms with Gasteiger partial charge in [-0.3, -0.25) is 9.59 Å². The summed E-state index contributed by atoms with van der Waals surface area (Å²) in [7, 11) is 0. The van der Waals surface area contributed by atoms with E-state index in [0.717, 1.165) is 51.5 Å². The predicted molar refractivity (Wildman–Crippen MR) is 179 cm³/mol. The molecule has 2 aliphatic heterocycles. The number of ether oxygens (including phenoxy) is 1. The van der Waals surface area contributed by atoms with Gasteiger partial charge >= 0.3 is 0 Å². The van der Waals surface area contributed by atoms with Gasteiger partial charge in [0.05, 0.1) is 11.8 Å². The largest absolute Gasteiger partial charge is 0.451 e. The topological polar surface area (TPSA) is 90.9 Å². The second kappa shape index (κ2) is 13.8. The lowest BCUT2D eigenvalue weighted by atomic mass is 9.72. The molecule has 1 N–H and O–H groups in total. The highest BCUT2D eigenvalue weighted by molar-refractivity contribution is 5.97. The quantitative estimate of drug-likeness (QED) is 0.310. The summed E-state index contributed by atoms with van der Waals surface area (Å²) in [6, 6.07) is 4.30. The van der Waals surface area contributed by atoms with Crippen LogP contribution in [0, 0.1) is 22.6 Å². The van der Waals surface area contributed by atoms with Gasteiger partial charge in [-0.15, -0.1) is 0 Å². The number of aromatic nitrogens is 2. The minimum atomic E-state index is -0.486. The number of benzene rings is 1. The molecule has 1 spiro atoms. The Balaban J connectivity index is 1.10. The van der Waals surface area contributed by atoms with Crippen molar-refractivity contribution in [1.82, 2.24) is 25.1 Å². The first-order valence-corrected chi connectivity index (χ1v) is 17.1. The van der Waals surface area contributed by atoms with E-state index in [9.17, 15) is 14.0 Å². The first-order chi connectivity index (χ1) is 21.7. The Hall–Kier alpha value is -3.27. The summed E-state index contributed by atoms with van der Waals surface area (Å²) in [6.45, 7) is 19.2. The van der Waals surface area contributed by atoms with Crippen LogP contribution in [0.1, 0.15) is 97.3 Å². The van der Waals surface area contributed by atoms with Crippen molar-refractivity contribution < 1.29 is 18.7 Å². The Kier molecular flexibility index (Phi) is 10.3. The number of carbonyl (C=O) groups excluding carboxylic acids is 2. The van der Waals surface area contributed by atoms with Crippen LogP contribution in [0.3, 0.4) is 0 Å². The van der Waals surface area contributed by atoms with Crippen LogP contribution in [0.4, 0.5) is 10.2 Å². The van der Waals surface area contributed by atoms with Gasteiger partial charge < -0.3 is 24.8 Å². The van der Waals surface area contributed by atoms with Gasteiger partial charge in [0, 0.05) is 56.1 Å². The molecule has 1 aromatic heterocycles. The molecule has 3 fully saturated rings. The van der Waals surface area contributed by atoms with Crippen molar-refractivity contribution in [2.45, 2.75) is 105 Å². The summed E-state index contributed by atoms with van der Waals surface area (Å²) in [5, 5.41) is 3.26. The van der Waals surface area contributed by atoms with E-state index >= 15 is 0 Å².